The van der Waals surface area contributed by atoms with E-state index in [0.717, 1.165) is 5.01 Å². The second-order valence-electron chi connectivity index (χ2n) is 3.27. The summed E-state index contributed by atoms with van der Waals surface area (Å²) >= 11 is 1.43. The maximum absolute atomic E-state index is 11.6. The molecule has 1 rings (SSSR count). The van der Waals surface area contributed by atoms with Crippen LogP contribution in [0.2, 0.25) is 0 Å². The van der Waals surface area contributed by atoms with Crippen LogP contribution in [0, 0.1) is 16.7 Å². The zero-order chi connectivity index (χ0) is 11.3. The second-order valence-corrected chi connectivity index (χ2v) is 4.25. The van der Waals surface area contributed by atoms with Crippen molar-refractivity contribution in [2.75, 3.05) is 6.61 Å². The summed E-state index contributed by atoms with van der Waals surface area (Å²) in [6.45, 7) is 3.58. The lowest BCUT2D eigenvalue weighted by atomic mass is 9.89. The maximum Gasteiger partial charge on any atom is 0.326 e. The van der Waals surface area contributed by atoms with Gasteiger partial charge in [-0.1, -0.05) is 0 Å². The monoisotopic (exact) mass is 224 g/mol. The summed E-state index contributed by atoms with van der Waals surface area (Å²) in [4.78, 5) is 15.6. The highest BCUT2D eigenvalue weighted by Gasteiger charge is 2.36. The van der Waals surface area contributed by atoms with Gasteiger partial charge in [-0.05, 0) is 13.8 Å². The van der Waals surface area contributed by atoms with Crippen LogP contribution in [-0.2, 0) is 16.0 Å². The number of carbonyl (C=O) groups is 1. The Morgan fingerprint density at radius 1 is 1.80 bits per heavy atom. The molecule has 0 aliphatic rings. The number of carbonyl (C=O) groups excluding carboxylic acids is 1. The number of esters is 1. The molecule has 0 aliphatic carbocycles. The number of aromatic nitrogens is 1. The van der Waals surface area contributed by atoms with Crippen molar-refractivity contribution in [3.63, 3.8) is 0 Å². The van der Waals surface area contributed by atoms with Crippen LogP contribution in [-0.4, -0.2) is 17.6 Å². The lowest BCUT2D eigenvalue weighted by molar-refractivity contribution is -0.151. The van der Waals surface area contributed by atoms with E-state index in [9.17, 15) is 4.79 Å². The van der Waals surface area contributed by atoms with E-state index < -0.39 is 11.4 Å². The van der Waals surface area contributed by atoms with Crippen LogP contribution in [0.25, 0.3) is 0 Å². The van der Waals surface area contributed by atoms with E-state index in [1.165, 1.54) is 11.3 Å². The van der Waals surface area contributed by atoms with Gasteiger partial charge in [0, 0.05) is 18.0 Å². The fourth-order valence-electron chi connectivity index (χ4n) is 1.09. The van der Waals surface area contributed by atoms with Crippen LogP contribution < -0.4 is 0 Å². The SMILES string of the molecule is CCOC(=O)C(C)(C#N)Cc1nccs1. The highest BCUT2D eigenvalue weighted by atomic mass is 32.1. The predicted octanol–water partition coefficient (Wildman–Crippen LogP) is 1.78. The van der Waals surface area contributed by atoms with Crippen molar-refractivity contribution in [3.8, 4) is 6.07 Å². The highest BCUT2D eigenvalue weighted by Crippen LogP contribution is 2.24. The van der Waals surface area contributed by atoms with Gasteiger partial charge in [0.05, 0.1) is 17.7 Å². The molecule has 0 N–H and O–H groups in total. The molecule has 0 radical (unpaired) electrons. The first-order valence-electron chi connectivity index (χ1n) is 4.59. The van der Waals surface area contributed by atoms with Crippen molar-refractivity contribution >= 4 is 17.3 Å². The van der Waals surface area contributed by atoms with Crippen molar-refractivity contribution in [1.82, 2.24) is 4.98 Å². The summed E-state index contributed by atoms with van der Waals surface area (Å²) in [6.07, 6.45) is 1.96. The van der Waals surface area contributed by atoms with Crippen molar-refractivity contribution in [2.24, 2.45) is 5.41 Å². The summed E-state index contributed by atoms with van der Waals surface area (Å²) in [6, 6.07) is 1.99. The zero-order valence-corrected chi connectivity index (χ0v) is 9.50. The van der Waals surface area contributed by atoms with E-state index in [1.807, 2.05) is 11.4 Å². The summed E-state index contributed by atoms with van der Waals surface area (Å²) in [5.74, 6) is -0.484. The molecule has 1 unspecified atom stereocenters. The summed E-state index contributed by atoms with van der Waals surface area (Å²) < 4.78 is 4.86. The van der Waals surface area contributed by atoms with Crippen molar-refractivity contribution in [1.29, 1.82) is 5.26 Å². The highest BCUT2D eigenvalue weighted by molar-refractivity contribution is 7.09. The van der Waals surface area contributed by atoms with Crippen LogP contribution in [0.1, 0.15) is 18.9 Å². The number of nitrogens with zero attached hydrogens (tertiary/aromatic N) is 2. The summed E-state index contributed by atoms with van der Waals surface area (Å²) in [7, 11) is 0. The number of thiazole rings is 1. The minimum atomic E-state index is -1.13. The molecule has 1 aromatic heterocycles. The minimum absolute atomic E-state index is 0.286. The Kier molecular flexibility index (Phi) is 3.81. The first-order chi connectivity index (χ1) is 7.12. The number of hydrogen-bond acceptors (Lipinski definition) is 5. The van der Waals surface area contributed by atoms with Gasteiger partial charge in [0.1, 0.15) is 0 Å². The van der Waals surface area contributed by atoms with Crippen molar-refractivity contribution < 1.29 is 9.53 Å². The first-order valence-corrected chi connectivity index (χ1v) is 5.47. The Hall–Kier alpha value is -1.41. The molecule has 0 saturated carbocycles. The lowest BCUT2D eigenvalue weighted by Crippen LogP contribution is -2.30. The zero-order valence-electron chi connectivity index (χ0n) is 8.69. The lowest BCUT2D eigenvalue weighted by Gasteiger charge is -2.17. The molecule has 0 aliphatic heterocycles. The Bertz CT molecular complexity index is 369. The van der Waals surface area contributed by atoms with Crippen LogP contribution in [0.5, 0.6) is 0 Å². The van der Waals surface area contributed by atoms with Gasteiger partial charge in [-0.3, -0.25) is 4.79 Å². The van der Waals surface area contributed by atoms with Crippen LogP contribution >= 0.6 is 11.3 Å². The van der Waals surface area contributed by atoms with E-state index in [2.05, 4.69) is 4.98 Å². The smallest absolute Gasteiger partial charge is 0.326 e. The Balaban J connectivity index is 2.78. The molecule has 0 spiro atoms. The molecule has 0 saturated heterocycles. The van der Waals surface area contributed by atoms with Gasteiger partial charge in [0.25, 0.3) is 0 Å². The maximum atomic E-state index is 11.6. The fourth-order valence-corrected chi connectivity index (χ4v) is 1.86. The number of rotatable bonds is 4. The van der Waals surface area contributed by atoms with Gasteiger partial charge in [-0.2, -0.15) is 5.26 Å². The molecule has 1 heterocycles. The topological polar surface area (TPSA) is 63.0 Å². The molecular weight excluding hydrogens is 212 g/mol. The average molecular weight is 224 g/mol. The number of ether oxygens (including phenoxy) is 1. The van der Waals surface area contributed by atoms with Crippen LogP contribution in [0.4, 0.5) is 0 Å². The third-order valence-electron chi connectivity index (χ3n) is 1.96. The molecule has 5 heteroatoms. The number of nitriles is 1. The van der Waals surface area contributed by atoms with Gasteiger partial charge in [-0.25, -0.2) is 4.98 Å². The van der Waals surface area contributed by atoms with E-state index in [-0.39, 0.29) is 6.61 Å². The first kappa shape index (κ1) is 11.7. The van der Waals surface area contributed by atoms with Crippen LogP contribution in [0.15, 0.2) is 11.6 Å². The van der Waals surface area contributed by atoms with Crippen molar-refractivity contribution in [3.05, 3.63) is 16.6 Å². The Morgan fingerprint density at radius 2 is 2.53 bits per heavy atom. The van der Waals surface area contributed by atoms with Gasteiger partial charge in [0.15, 0.2) is 5.41 Å². The third-order valence-corrected chi connectivity index (χ3v) is 2.74. The Morgan fingerprint density at radius 3 is 3.00 bits per heavy atom. The molecule has 4 nitrogen and oxygen atoms in total. The molecular formula is C10H12N2O2S. The normalized spacial score (nSPS) is 13.9. The van der Waals surface area contributed by atoms with E-state index in [0.29, 0.717) is 6.42 Å². The van der Waals surface area contributed by atoms with Crippen LogP contribution in [0.3, 0.4) is 0 Å². The van der Waals surface area contributed by atoms with Gasteiger partial charge in [-0.15, -0.1) is 11.3 Å². The van der Waals surface area contributed by atoms with E-state index >= 15 is 0 Å². The molecule has 0 amide bonds. The second kappa shape index (κ2) is 4.89. The average Bonchev–Trinajstić information content (AvgIpc) is 2.70. The quantitative estimate of drug-likeness (QED) is 0.731. The van der Waals surface area contributed by atoms with E-state index in [4.69, 9.17) is 10.00 Å². The predicted molar refractivity (Wildman–Crippen MR) is 56.2 cm³/mol. The minimum Gasteiger partial charge on any atom is -0.465 e. The van der Waals surface area contributed by atoms with Crippen molar-refractivity contribution in [2.45, 2.75) is 20.3 Å². The Labute approximate surface area is 92.5 Å². The summed E-state index contributed by atoms with van der Waals surface area (Å²) in [5, 5.41) is 11.6. The van der Waals surface area contributed by atoms with Gasteiger partial charge >= 0.3 is 5.97 Å². The third kappa shape index (κ3) is 2.77. The fraction of sp³-hybridized carbons (Fsp3) is 0.500. The van der Waals surface area contributed by atoms with Gasteiger partial charge in [0.2, 0.25) is 0 Å². The molecule has 80 valence electrons. The molecule has 1 aromatic rings. The molecule has 0 aromatic carbocycles. The molecule has 0 fully saturated rings. The van der Waals surface area contributed by atoms with Gasteiger partial charge < -0.3 is 4.74 Å². The van der Waals surface area contributed by atoms with E-state index in [1.54, 1.807) is 20.0 Å². The largest absolute Gasteiger partial charge is 0.465 e. The molecule has 0 bridgehead atoms. The molecule has 15 heavy (non-hydrogen) atoms. The summed E-state index contributed by atoms with van der Waals surface area (Å²) in [5.41, 5.74) is -1.13. The number of hydrogen-bond donors (Lipinski definition) is 0. The molecule has 1 atom stereocenters. The standard InChI is InChI=1S/C10H12N2O2S/c1-3-14-9(13)10(2,7-11)6-8-12-4-5-15-8/h4-5H,3,6H2,1-2H3.